The molecule has 1 saturated heterocycles. The summed E-state index contributed by atoms with van der Waals surface area (Å²) in [5.41, 5.74) is -1.38. The molecule has 2 aliphatic rings. The van der Waals surface area contributed by atoms with Crippen molar-refractivity contribution in [1.82, 2.24) is 0 Å². The number of hydrogen-bond acceptors (Lipinski definition) is 11. The van der Waals surface area contributed by atoms with Crippen LogP contribution in [0, 0.1) is 5.92 Å². The molecule has 0 bridgehead atoms. The predicted octanol–water partition coefficient (Wildman–Crippen LogP) is 0.275. The number of ether oxygens (including phenoxy) is 6. The highest BCUT2D eigenvalue weighted by atomic mass is 16.8. The molecule has 1 aromatic carbocycles. The molecule has 3 rings (SSSR count). The fraction of sp³-hybridized carbons (Fsp3) is 0.667. The lowest BCUT2D eigenvalue weighted by atomic mass is 9.70. The first-order chi connectivity index (χ1) is 16.4. The van der Waals surface area contributed by atoms with Crippen LogP contribution in [0.15, 0.2) is 30.3 Å². The zero-order valence-electron chi connectivity index (χ0n) is 20.5. The molecule has 11 nitrogen and oxygen atoms in total. The van der Waals surface area contributed by atoms with Crippen LogP contribution in [-0.2, 0) is 44.6 Å². The van der Waals surface area contributed by atoms with Crippen molar-refractivity contribution in [1.29, 1.82) is 0 Å². The maximum absolute atomic E-state index is 12.5. The van der Waals surface area contributed by atoms with E-state index in [0.717, 1.165) is 7.11 Å². The average Bonchev–Trinajstić information content (AvgIpc) is 2.86. The molecule has 2 fully saturated rings. The van der Waals surface area contributed by atoms with Gasteiger partial charge in [-0.05, 0) is 25.8 Å². The highest BCUT2D eigenvalue weighted by Crippen LogP contribution is 2.48. The summed E-state index contributed by atoms with van der Waals surface area (Å²) in [4.78, 5) is 25.0. The van der Waals surface area contributed by atoms with Crippen LogP contribution in [0.3, 0.4) is 0 Å². The van der Waals surface area contributed by atoms with Gasteiger partial charge in [0.05, 0.1) is 25.4 Å². The molecule has 0 radical (unpaired) electrons. The molecule has 2 unspecified atom stereocenters. The van der Waals surface area contributed by atoms with Crippen LogP contribution in [0.1, 0.15) is 32.3 Å². The largest absolute Gasteiger partial charge is 0.467 e. The van der Waals surface area contributed by atoms with E-state index in [1.807, 2.05) is 0 Å². The number of esters is 2. The van der Waals surface area contributed by atoms with Gasteiger partial charge in [-0.15, -0.1) is 0 Å². The smallest absolute Gasteiger partial charge is 0.338 e. The summed E-state index contributed by atoms with van der Waals surface area (Å²) < 4.78 is 33.2. The van der Waals surface area contributed by atoms with Crippen LogP contribution in [0.5, 0.6) is 0 Å². The minimum atomic E-state index is -2.08. The lowest BCUT2D eigenvalue weighted by Crippen LogP contribution is -2.71. The second-order valence-electron chi connectivity index (χ2n) is 9.16. The second-order valence-corrected chi connectivity index (χ2v) is 9.16. The van der Waals surface area contributed by atoms with Gasteiger partial charge in [0.2, 0.25) is 11.6 Å². The molecule has 8 atom stereocenters. The molecule has 0 amide bonds. The molecular formula is C24H34O11. The maximum atomic E-state index is 12.5. The first kappa shape index (κ1) is 27.5. The molecule has 35 heavy (non-hydrogen) atoms. The quantitative estimate of drug-likeness (QED) is 0.424. The van der Waals surface area contributed by atoms with Crippen molar-refractivity contribution in [2.24, 2.45) is 5.92 Å². The van der Waals surface area contributed by atoms with E-state index in [0.29, 0.717) is 5.56 Å². The molecule has 1 saturated carbocycles. The Kier molecular flexibility index (Phi) is 8.22. The summed E-state index contributed by atoms with van der Waals surface area (Å²) in [5.74, 6) is -6.07. The Labute approximate surface area is 203 Å². The first-order valence-corrected chi connectivity index (χ1v) is 11.3. The van der Waals surface area contributed by atoms with Crippen molar-refractivity contribution < 1.29 is 53.3 Å². The SMILES string of the molecule is COC(=O)[C@@]1(O)C[C@H]2O[C@](C)(OC)[C@@](C)(OC)O[C@@H]2[C@H](C(O)C(O)C(=O)OCc2ccccc2)C1. The Morgan fingerprint density at radius 1 is 1.03 bits per heavy atom. The van der Waals surface area contributed by atoms with E-state index in [1.165, 1.54) is 14.2 Å². The number of fused-ring (bicyclic) bond motifs is 1. The fourth-order valence-electron chi connectivity index (χ4n) is 4.68. The van der Waals surface area contributed by atoms with E-state index < -0.39 is 59.4 Å². The van der Waals surface area contributed by atoms with E-state index in [4.69, 9.17) is 28.4 Å². The molecule has 1 heterocycles. The summed E-state index contributed by atoms with van der Waals surface area (Å²) in [6, 6.07) is 8.82. The van der Waals surface area contributed by atoms with E-state index in [1.54, 1.807) is 44.2 Å². The van der Waals surface area contributed by atoms with Crippen LogP contribution in [0.25, 0.3) is 0 Å². The number of rotatable bonds is 8. The monoisotopic (exact) mass is 498 g/mol. The lowest BCUT2D eigenvalue weighted by molar-refractivity contribution is -0.461. The van der Waals surface area contributed by atoms with Crippen LogP contribution in [0.4, 0.5) is 0 Å². The lowest BCUT2D eigenvalue weighted by Gasteiger charge is -2.57. The highest BCUT2D eigenvalue weighted by Gasteiger charge is 2.64. The Hall–Kier alpha value is -2.12. The van der Waals surface area contributed by atoms with E-state index >= 15 is 0 Å². The second kappa shape index (κ2) is 10.5. The summed E-state index contributed by atoms with van der Waals surface area (Å²) in [7, 11) is 3.89. The normalized spacial score (nSPS) is 36.5. The highest BCUT2D eigenvalue weighted by molar-refractivity contribution is 5.79. The van der Waals surface area contributed by atoms with Gasteiger partial charge in [-0.3, -0.25) is 0 Å². The number of hydrogen-bond donors (Lipinski definition) is 3. The maximum Gasteiger partial charge on any atom is 0.338 e. The van der Waals surface area contributed by atoms with Gasteiger partial charge in [-0.25, -0.2) is 9.59 Å². The minimum Gasteiger partial charge on any atom is -0.467 e. The first-order valence-electron chi connectivity index (χ1n) is 11.3. The Balaban J connectivity index is 1.86. The molecule has 1 aromatic rings. The van der Waals surface area contributed by atoms with Crippen molar-refractivity contribution in [3.63, 3.8) is 0 Å². The molecule has 1 aliphatic carbocycles. The average molecular weight is 499 g/mol. The summed E-state index contributed by atoms with van der Waals surface area (Å²) in [6.45, 7) is 3.03. The Morgan fingerprint density at radius 2 is 1.63 bits per heavy atom. The third-order valence-electron chi connectivity index (χ3n) is 7.03. The third-order valence-corrected chi connectivity index (χ3v) is 7.03. The summed E-state index contributed by atoms with van der Waals surface area (Å²) in [5, 5.41) is 32.8. The van der Waals surface area contributed by atoms with Crippen LogP contribution in [-0.4, -0.2) is 90.2 Å². The van der Waals surface area contributed by atoms with E-state index in [2.05, 4.69) is 0 Å². The summed E-state index contributed by atoms with van der Waals surface area (Å²) in [6.07, 6.45) is -6.34. The zero-order chi connectivity index (χ0) is 26.0. The van der Waals surface area contributed by atoms with Gasteiger partial charge >= 0.3 is 11.9 Å². The Morgan fingerprint density at radius 3 is 2.20 bits per heavy atom. The minimum absolute atomic E-state index is 0.111. The molecule has 0 spiro atoms. The fourth-order valence-corrected chi connectivity index (χ4v) is 4.68. The van der Waals surface area contributed by atoms with Crippen molar-refractivity contribution in [2.75, 3.05) is 21.3 Å². The number of carbonyl (C=O) groups is 2. The standard InChI is InChI=1S/C24H34O11/c1-22(31-4)23(2,32-5)35-19-15(11-24(29,21(28)30-3)12-16(19)34-22)17(25)18(26)20(27)33-13-14-9-7-6-8-10-14/h6-10,15-19,25-26,29H,11-13H2,1-5H3/t15-,16+,17?,18?,19+,22-,23-,24-/m0/s1. The number of aliphatic hydroxyl groups excluding tert-OH is 2. The molecular weight excluding hydrogens is 464 g/mol. The predicted molar refractivity (Wildman–Crippen MR) is 119 cm³/mol. The van der Waals surface area contributed by atoms with Gasteiger partial charge in [0.15, 0.2) is 11.7 Å². The van der Waals surface area contributed by atoms with Crippen molar-refractivity contribution in [2.45, 2.75) is 74.9 Å². The van der Waals surface area contributed by atoms with Gasteiger partial charge in [-0.1, -0.05) is 30.3 Å². The Bertz CT molecular complexity index is 895. The van der Waals surface area contributed by atoms with Gasteiger partial charge in [0.25, 0.3) is 0 Å². The van der Waals surface area contributed by atoms with Crippen molar-refractivity contribution >= 4 is 11.9 Å². The van der Waals surface area contributed by atoms with Gasteiger partial charge < -0.3 is 43.7 Å². The molecule has 0 aromatic heterocycles. The van der Waals surface area contributed by atoms with Crippen molar-refractivity contribution in [3.8, 4) is 0 Å². The van der Waals surface area contributed by atoms with Gasteiger partial charge in [0, 0.05) is 26.6 Å². The summed E-state index contributed by atoms with van der Waals surface area (Å²) >= 11 is 0. The number of benzene rings is 1. The third kappa shape index (κ3) is 5.21. The van der Waals surface area contributed by atoms with E-state index in [-0.39, 0.29) is 19.4 Å². The van der Waals surface area contributed by atoms with E-state index in [9.17, 15) is 24.9 Å². The number of carbonyl (C=O) groups excluding carboxylic acids is 2. The number of aliphatic hydroxyl groups is 3. The van der Waals surface area contributed by atoms with Crippen LogP contribution < -0.4 is 0 Å². The molecule has 1 aliphatic heterocycles. The molecule has 11 heteroatoms. The molecule has 196 valence electrons. The topological polar surface area (TPSA) is 150 Å². The van der Waals surface area contributed by atoms with Crippen LogP contribution in [0.2, 0.25) is 0 Å². The number of methoxy groups -OCH3 is 3. The van der Waals surface area contributed by atoms with Crippen LogP contribution >= 0.6 is 0 Å². The van der Waals surface area contributed by atoms with Gasteiger partial charge in [-0.2, -0.15) is 0 Å². The van der Waals surface area contributed by atoms with Crippen molar-refractivity contribution in [3.05, 3.63) is 35.9 Å². The zero-order valence-corrected chi connectivity index (χ0v) is 20.5. The van der Waals surface area contributed by atoms with Gasteiger partial charge in [0.1, 0.15) is 6.61 Å². The molecule has 3 N–H and O–H groups in total.